The summed E-state index contributed by atoms with van der Waals surface area (Å²) >= 11 is 0. The van der Waals surface area contributed by atoms with Gasteiger partial charge in [0, 0.05) is 19.2 Å². The molecule has 0 saturated carbocycles. The first-order valence-electron chi connectivity index (χ1n) is 7.37. The Morgan fingerprint density at radius 3 is 2.29 bits per heavy atom. The first kappa shape index (κ1) is 17.5. The molecule has 3 N–H and O–H groups in total. The number of amides is 4. The lowest BCUT2D eigenvalue weighted by Gasteiger charge is -2.22. The Labute approximate surface area is 138 Å². The van der Waals surface area contributed by atoms with E-state index in [4.69, 9.17) is 5.11 Å². The number of benzene rings is 1. The Morgan fingerprint density at radius 1 is 1.25 bits per heavy atom. The Morgan fingerprint density at radius 2 is 1.83 bits per heavy atom. The molecular formula is C16H19N3O5. The lowest BCUT2D eigenvalue weighted by molar-refractivity contribution is -0.141. The van der Waals surface area contributed by atoms with E-state index in [1.54, 1.807) is 31.2 Å². The number of nitrogens with one attached hydrogen (secondary N) is 2. The van der Waals surface area contributed by atoms with Crippen molar-refractivity contribution in [3.8, 4) is 0 Å². The van der Waals surface area contributed by atoms with E-state index in [1.165, 1.54) is 18.9 Å². The molecule has 0 radical (unpaired) electrons. The largest absolute Gasteiger partial charge is 0.481 e. The maximum absolute atomic E-state index is 12.3. The lowest BCUT2D eigenvalue weighted by Crippen LogP contribution is -2.40. The van der Waals surface area contributed by atoms with Crippen molar-refractivity contribution in [3.63, 3.8) is 0 Å². The molecule has 1 aliphatic rings. The number of hydrogen-bond acceptors (Lipinski definition) is 4. The van der Waals surface area contributed by atoms with Gasteiger partial charge in [0.2, 0.25) is 0 Å². The summed E-state index contributed by atoms with van der Waals surface area (Å²) in [6.45, 7) is 3.19. The molecule has 1 aromatic carbocycles. The average Bonchev–Trinajstić information content (AvgIpc) is 2.80. The Hall–Kier alpha value is -2.90. The van der Waals surface area contributed by atoms with Crippen LogP contribution in [0.15, 0.2) is 24.3 Å². The highest BCUT2D eigenvalue weighted by molar-refractivity contribution is 6.07. The van der Waals surface area contributed by atoms with Gasteiger partial charge in [0.15, 0.2) is 0 Å². The molecule has 24 heavy (non-hydrogen) atoms. The van der Waals surface area contributed by atoms with Gasteiger partial charge in [0.1, 0.15) is 5.54 Å². The summed E-state index contributed by atoms with van der Waals surface area (Å²) in [5, 5.41) is 13.6. The third-order valence-electron chi connectivity index (χ3n) is 4.07. The van der Waals surface area contributed by atoms with Crippen molar-refractivity contribution in [2.24, 2.45) is 5.92 Å². The zero-order valence-electron chi connectivity index (χ0n) is 13.6. The van der Waals surface area contributed by atoms with E-state index in [1.807, 2.05) is 0 Å². The predicted octanol–water partition coefficient (Wildman–Crippen LogP) is 0.534. The van der Waals surface area contributed by atoms with Gasteiger partial charge in [-0.3, -0.25) is 19.7 Å². The van der Waals surface area contributed by atoms with Crippen LogP contribution in [0.1, 0.15) is 29.8 Å². The van der Waals surface area contributed by atoms with Gasteiger partial charge in [-0.2, -0.15) is 0 Å². The number of nitrogens with zero attached hydrogens (tertiary/aromatic N) is 1. The van der Waals surface area contributed by atoms with Gasteiger partial charge in [-0.1, -0.05) is 19.1 Å². The van der Waals surface area contributed by atoms with E-state index in [2.05, 4.69) is 10.6 Å². The molecule has 0 spiro atoms. The van der Waals surface area contributed by atoms with Crippen molar-refractivity contribution in [3.05, 3.63) is 35.4 Å². The van der Waals surface area contributed by atoms with Gasteiger partial charge >= 0.3 is 12.0 Å². The number of carbonyl (C=O) groups is 4. The number of carboxylic acids is 1. The number of hydrogen-bond donors (Lipinski definition) is 3. The fourth-order valence-electron chi connectivity index (χ4n) is 2.48. The van der Waals surface area contributed by atoms with Crippen LogP contribution in [0.3, 0.4) is 0 Å². The van der Waals surface area contributed by atoms with Crippen molar-refractivity contribution < 1.29 is 24.3 Å². The summed E-state index contributed by atoms with van der Waals surface area (Å²) in [6.07, 6.45) is 0. The van der Waals surface area contributed by atoms with Crippen LogP contribution in [0.25, 0.3) is 0 Å². The van der Waals surface area contributed by atoms with Crippen LogP contribution in [0, 0.1) is 5.92 Å². The van der Waals surface area contributed by atoms with Crippen molar-refractivity contribution in [2.75, 3.05) is 13.6 Å². The Kier molecular flexibility index (Phi) is 4.59. The first-order valence-corrected chi connectivity index (χ1v) is 7.37. The first-order chi connectivity index (χ1) is 11.1. The van der Waals surface area contributed by atoms with Gasteiger partial charge in [0.25, 0.3) is 11.8 Å². The lowest BCUT2D eigenvalue weighted by atomic mass is 9.91. The third-order valence-corrected chi connectivity index (χ3v) is 4.07. The molecule has 0 aromatic heterocycles. The van der Waals surface area contributed by atoms with E-state index in [0.29, 0.717) is 11.1 Å². The van der Waals surface area contributed by atoms with Crippen LogP contribution < -0.4 is 10.6 Å². The number of imide groups is 1. The third kappa shape index (κ3) is 3.22. The summed E-state index contributed by atoms with van der Waals surface area (Å²) < 4.78 is 0. The van der Waals surface area contributed by atoms with E-state index in [0.717, 1.165) is 0 Å². The van der Waals surface area contributed by atoms with Crippen LogP contribution in [0.2, 0.25) is 0 Å². The van der Waals surface area contributed by atoms with Gasteiger partial charge in [-0.05, 0) is 24.6 Å². The minimum Gasteiger partial charge on any atom is -0.481 e. The molecule has 1 heterocycles. The molecule has 8 heteroatoms. The SMILES string of the molecule is C[C@@H](CN(C)C(=O)c1ccc([C@]2(C)NC(=O)NC2=O)cc1)C(=O)O. The zero-order valence-corrected chi connectivity index (χ0v) is 13.6. The predicted molar refractivity (Wildman–Crippen MR) is 84.2 cm³/mol. The maximum atomic E-state index is 12.3. The summed E-state index contributed by atoms with van der Waals surface area (Å²) in [6, 6.07) is 5.70. The minimum absolute atomic E-state index is 0.0894. The van der Waals surface area contributed by atoms with E-state index >= 15 is 0 Å². The Bertz CT molecular complexity index is 700. The molecule has 1 saturated heterocycles. The average molecular weight is 333 g/mol. The monoisotopic (exact) mass is 333 g/mol. The molecule has 4 amide bonds. The Balaban J connectivity index is 2.14. The van der Waals surface area contributed by atoms with Crippen LogP contribution in [0.4, 0.5) is 4.79 Å². The van der Waals surface area contributed by atoms with E-state index in [-0.39, 0.29) is 12.5 Å². The quantitative estimate of drug-likeness (QED) is 0.680. The molecule has 2 atom stereocenters. The number of carboxylic acid groups (broad SMARTS) is 1. The molecule has 0 bridgehead atoms. The zero-order chi connectivity index (χ0) is 18.1. The van der Waals surface area contributed by atoms with Crippen molar-refractivity contribution in [2.45, 2.75) is 19.4 Å². The van der Waals surface area contributed by atoms with Gasteiger partial charge in [-0.15, -0.1) is 0 Å². The van der Waals surface area contributed by atoms with Crippen LogP contribution in [0.5, 0.6) is 0 Å². The summed E-state index contributed by atoms with van der Waals surface area (Å²) in [5.74, 6) is -2.42. The van der Waals surface area contributed by atoms with Crippen molar-refractivity contribution in [1.29, 1.82) is 0 Å². The second kappa shape index (κ2) is 6.31. The molecule has 1 aliphatic heterocycles. The maximum Gasteiger partial charge on any atom is 0.322 e. The topological polar surface area (TPSA) is 116 Å². The highest BCUT2D eigenvalue weighted by Gasteiger charge is 2.43. The summed E-state index contributed by atoms with van der Waals surface area (Å²) in [5.41, 5.74) is -0.265. The highest BCUT2D eigenvalue weighted by atomic mass is 16.4. The fraction of sp³-hybridized carbons (Fsp3) is 0.375. The second-order valence-electron chi connectivity index (χ2n) is 6.04. The van der Waals surface area contributed by atoms with Crippen LogP contribution in [-0.2, 0) is 15.1 Å². The number of aliphatic carboxylic acids is 1. The number of urea groups is 1. The second-order valence-corrected chi connectivity index (χ2v) is 6.04. The van der Waals surface area contributed by atoms with Gasteiger partial charge in [0.05, 0.1) is 5.92 Å². The van der Waals surface area contributed by atoms with Crippen LogP contribution in [-0.4, -0.2) is 47.4 Å². The molecule has 1 aromatic rings. The molecule has 8 nitrogen and oxygen atoms in total. The molecule has 2 rings (SSSR count). The van der Waals surface area contributed by atoms with Crippen molar-refractivity contribution >= 4 is 23.8 Å². The highest BCUT2D eigenvalue weighted by Crippen LogP contribution is 2.24. The molecule has 128 valence electrons. The van der Waals surface area contributed by atoms with E-state index in [9.17, 15) is 19.2 Å². The minimum atomic E-state index is -1.18. The van der Waals surface area contributed by atoms with Crippen LogP contribution >= 0.6 is 0 Å². The smallest absolute Gasteiger partial charge is 0.322 e. The standard InChI is InChI=1S/C16H19N3O5/c1-9(13(21)22)8-19(3)12(20)10-4-6-11(7-5-10)16(2)14(23)17-15(24)18-16/h4-7,9H,8H2,1-3H3,(H,21,22)(H2,17,18,23,24)/t9-,16-/m0/s1. The number of carbonyl (C=O) groups excluding carboxylic acids is 3. The van der Waals surface area contributed by atoms with Crippen molar-refractivity contribution in [1.82, 2.24) is 15.5 Å². The fourth-order valence-corrected chi connectivity index (χ4v) is 2.48. The normalized spacial score (nSPS) is 21.0. The molecule has 0 unspecified atom stereocenters. The molecule has 0 aliphatic carbocycles. The number of rotatable bonds is 5. The molecular weight excluding hydrogens is 314 g/mol. The van der Waals surface area contributed by atoms with Gasteiger partial charge in [-0.25, -0.2) is 4.79 Å². The van der Waals surface area contributed by atoms with E-state index < -0.39 is 29.4 Å². The molecule has 1 fully saturated rings. The summed E-state index contributed by atoms with van der Waals surface area (Å²) in [7, 11) is 1.53. The summed E-state index contributed by atoms with van der Waals surface area (Å²) in [4.78, 5) is 47.7. The van der Waals surface area contributed by atoms with Gasteiger partial charge < -0.3 is 15.3 Å².